The molecule has 0 spiro atoms. The number of rotatable bonds is 5. The van der Waals surface area contributed by atoms with Crippen LogP contribution < -0.4 is 5.56 Å². The van der Waals surface area contributed by atoms with E-state index < -0.39 is 0 Å². The van der Waals surface area contributed by atoms with Crippen molar-refractivity contribution in [2.24, 2.45) is 0 Å². The van der Waals surface area contributed by atoms with E-state index in [1.165, 1.54) is 33.5 Å². The first-order valence-electron chi connectivity index (χ1n) is 10.4. The molecule has 0 radical (unpaired) electrons. The third-order valence-electron chi connectivity index (χ3n) is 5.24. The van der Waals surface area contributed by atoms with Crippen molar-refractivity contribution in [3.05, 3.63) is 68.4 Å². The van der Waals surface area contributed by atoms with Crippen molar-refractivity contribution in [2.45, 2.75) is 44.1 Å². The third-order valence-corrected chi connectivity index (χ3v) is 7.97. The number of thiophene rings is 2. The Labute approximate surface area is 203 Å². The zero-order valence-electron chi connectivity index (χ0n) is 18.6. The Kier molecular flexibility index (Phi) is 5.72. The molecule has 0 saturated heterocycles. The van der Waals surface area contributed by atoms with Crippen LogP contribution in [0.25, 0.3) is 32.1 Å². The third kappa shape index (κ3) is 4.53. The first-order valence-corrected chi connectivity index (χ1v) is 13.1. The average molecular weight is 495 g/mol. The molecule has 0 aliphatic rings. The van der Waals surface area contributed by atoms with Crippen LogP contribution in [-0.4, -0.2) is 20.2 Å². The van der Waals surface area contributed by atoms with Gasteiger partial charge in [-0.1, -0.05) is 44.7 Å². The molecule has 5 rings (SSSR count). The van der Waals surface area contributed by atoms with Crippen molar-refractivity contribution in [3.8, 4) is 21.9 Å². The molecule has 0 atom stereocenters. The second-order valence-corrected chi connectivity index (χ2v) is 11.8. The van der Waals surface area contributed by atoms with Crippen LogP contribution in [-0.2, 0) is 11.2 Å². The minimum absolute atomic E-state index is 0.0887. The molecule has 4 heterocycles. The molecule has 0 aliphatic carbocycles. The summed E-state index contributed by atoms with van der Waals surface area (Å²) in [5.41, 5.74) is 3.04. The molecule has 5 aromatic rings. The standard InChI is InChI=1S/C24H22N4O2S3/c1-13-5-10-17(33-13)16-11-31-22-19(16)20(29)25-18(26-22)12-32-23-28-27-21(30-23)14-6-8-15(9-7-14)24(2,3)4/h5-11H,12H2,1-4H3,(H,25,26,29). The Bertz CT molecular complexity index is 1490. The summed E-state index contributed by atoms with van der Waals surface area (Å²) in [7, 11) is 0. The predicted molar refractivity (Wildman–Crippen MR) is 136 cm³/mol. The van der Waals surface area contributed by atoms with Crippen molar-refractivity contribution in [1.29, 1.82) is 0 Å². The van der Waals surface area contributed by atoms with E-state index in [4.69, 9.17) is 4.42 Å². The van der Waals surface area contributed by atoms with Crippen LogP contribution >= 0.6 is 34.4 Å². The highest BCUT2D eigenvalue weighted by Gasteiger charge is 2.17. The molecule has 4 aromatic heterocycles. The number of nitrogens with zero attached hydrogens (tertiary/aromatic N) is 3. The minimum Gasteiger partial charge on any atom is -0.411 e. The molecule has 6 nitrogen and oxygen atoms in total. The molecule has 33 heavy (non-hydrogen) atoms. The van der Waals surface area contributed by atoms with Gasteiger partial charge in [0, 0.05) is 26.3 Å². The highest BCUT2D eigenvalue weighted by molar-refractivity contribution is 7.98. The van der Waals surface area contributed by atoms with E-state index in [0.29, 0.717) is 28.1 Å². The van der Waals surface area contributed by atoms with E-state index in [-0.39, 0.29) is 11.0 Å². The second kappa shape index (κ2) is 8.55. The molecule has 0 fully saturated rings. The number of thioether (sulfide) groups is 1. The summed E-state index contributed by atoms with van der Waals surface area (Å²) in [5.74, 6) is 1.49. The van der Waals surface area contributed by atoms with Crippen LogP contribution in [0.4, 0.5) is 0 Å². The summed E-state index contributed by atoms with van der Waals surface area (Å²) in [4.78, 5) is 23.4. The molecule has 1 N–H and O–H groups in total. The number of fused-ring (bicyclic) bond motifs is 1. The largest absolute Gasteiger partial charge is 0.411 e. The monoisotopic (exact) mass is 494 g/mol. The fraction of sp³-hybridized carbons (Fsp3) is 0.250. The molecule has 0 bridgehead atoms. The fourth-order valence-corrected chi connectivity index (χ4v) is 6.01. The number of hydrogen-bond donors (Lipinski definition) is 1. The molecule has 0 saturated carbocycles. The van der Waals surface area contributed by atoms with Crippen LogP contribution in [0.2, 0.25) is 0 Å². The van der Waals surface area contributed by atoms with Gasteiger partial charge in [0.2, 0.25) is 5.89 Å². The topological polar surface area (TPSA) is 84.7 Å². The lowest BCUT2D eigenvalue weighted by Crippen LogP contribution is -2.10. The Morgan fingerprint density at radius 2 is 1.88 bits per heavy atom. The van der Waals surface area contributed by atoms with E-state index in [0.717, 1.165) is 20.8 Å². The molecule has 1 aromatic carbocycles. The number of aromatic nitrogens is 4. The summed E-state index contributed by atoms with van der Waals surface area (Å²) < 4.78 is 5.82. The van der Waals surface area contributed by atoms with Crippen molar-refractivity contribution in [3.63, 3.8) is 0 Å². The fourth-order valence-electron chi connectivity index (χ4n) is 3.45. The quantitative estimate of drug-likeness (QED) is 0.275. The predicted octanol–water partition coefficient (Wildman–Crippen LogP) is 6.66. The molecule has 0 amide bonds. The number of benzene rings is 1. The van der Waals surface area contributed by atoms with Crippen molar-refractivity contribution >= 4 is 44.7 Å². The van der Waals surface area contributed by atoms with Gasteiger partial charge in [-0.2, -0.15) is 0 Å². The number of aromatic amines is 1. The molecular weight excluding hydrogens is 472 g/mol. The van der Waals surface area contributed by atoms with Gasteiger partial charge in [-0.15, -0.1) is 32.9 Å². The summed E-state index contributed by atoms with van der Waals surface area (Å²) in [6.45, 7) is 8.60. The van der Waals surface area contributed by atoms with Gasteiger partial charge >= 0.3 is 0 Å². The number of aryl methyl sites for hydroxylation is 1. The Morgan fingerprint density at radius 1 is 1.09 bits per heavy atom. The Hall–Kier alpha value is -2.75. The highest BCUT2D eigenvalue weighted by Crippen LogP contribution is 2.35. The molecule has 168 valence electrons. The summed E-state index contributed by atoms with van der Waals surface area (Å²) in [5, 5.41) is 11.4. The summed E-state index contributed by atoms with van der Waals surface area (Å²) in [6, 6.07) is 12.3. The molecular formula is C24H22N4O2S3. The van der Waals surface area contributed by atoms with Gasteiger partial charge in [-0.05, 0) is 42.2 Å². The number of hydrogen-bond acceptors (Lipinski definition) is 8. The first-order chi connectivity index (χ1) is 15.8. The van der Waals surface area contributed by atoms with E-state index >= 15 is 0 Å². The van der Waals surface area contributed by atoms with Crippen molar-refractivity contribution in [1.82, 2.24) is 20.2 Å². The summed E-state index contributed by atoms with van der Waals surface area (Å²) in [6.07, 6.45) is 0. The normalized spacial score (nSPS) is 12.0. The van der Waals surface area contributed by atoms with Gasteiger partial charge < -0.3 is 9.40 Å². The van der Waals surface area contributed by atoms with Crippen LogP contribution in [0.3, 0.4) is 0 Å². The smallest absolute Gasteiger partial charge is 0.277 e. The SMILES string of the molecule is Cc1ccc(-c2csc3nc(CSc4nnc(-c5ccc(C(C)(C)C)cc5)o4)[nH]c(=O)c23)s1. The highest BCUT2D eigenvalue weighted by atomic mass is 32.2. The minimum atomic E-state index is -0.122. The average Bonchev–Trinajstić information content (AvgIpc) is 3.51. The van der Waals surface area contributed by atoms with Gasteiger partial charge in [-0.25, -0.2) is 4.98 Å². The number of nitrogens with one attached hydrogen (secondary N) is 1. The zero-order valence-corrected chi connectivity index (χ0v) is 21.1. The lowest BCUT2D eigenvalue weighted by Gasteiger charge is -2.18. The van der Waals surface area contributed by atoms with E-state index in [9.17, 15) is 4.79 Å². The van der Waals surface area contributed by atoms with Gasteiger partial charge in [0.15, 0.2) is 0 Å². The second-order valence-electron chi connectivity index (χ2n) is 8.74. The Morgan fingerprint density at radius 3 is 2.58 bits per heavy atom. The molecule has 0 unspecified atom stereocenters. The van der Waals surface area contributed by atoms with Crippen LogP contribution in [0.1, 0.15) is 37.0 Å². The maximum absolute atomic E-state index is 12.8. The van der Waals surface area contributed by atoms with E-state index in [2.05, 4.69) is 72.1 Å². The van der Waals surface area contributed by atoms with E-state index in [1.54, 1.807) is 11.3 Å². The summed E-state index contributed by atoms with van der Waals surface area (Å²) >= 11 is 4.52. The lowest BCUT2D eigenvalue weighted by molar-refractivity contribution is 0.465. The molecule has 9 heteroatoms. The van der Waals surface area contributed by atoms with Crippen molar-refractivity contribution < 1.29 is 4.42 Å². The maximum Gasteiger partial charge on any atom is 0.277 e. The van der Waals surface area contributed by atoms with Gasteiger partial charge in [0.25, 0.3) is 10.8 Å². The van der Waals surface area contributed by atoms with Gasteiger partial charge in [0.1, 0.15) is 10.7 Å². The van der Waals surface area contributed by atoms with Crippen LogP contribution in [0, 0.1) is 6.92 Å². The van der Waals surface area contributed by atoms with Crippen LogP contribution in [0.5, 0.6) is 0 Å². The first kappa shape index (κ1) is 22.1. The number of H-pyrrole nitrogens is 1. The van der Waals surface area contributed by atoms with Gasteiger partial charge in [-0.3, -0.25) is 4.79 Å². The van der Waals surface area contributed by atoms with Crippen molar-refractivity contribution in [2.75, 3.05) is 0 Å². The van der Waals surface area contributed by atoms with Crippen LogP contribution in [0.15, 0.2) is 56.2 Å². The van der Waals surface area contributed by atoms with E-state index in [1.807, 2.05) is 17.5 Å². The maximum atomic E-state index is 12.8. The molecule has 0 aliphatic heterocycles. The lowest BCUT2D eigenvalue weighted by atomic mass is 9.87. The van der Waals surface area contributed by atoms with Gasteiger partial charge in [0.05, 0.1) is 11.1 Å². The zero-order chi connectivity index (χ0) is 23.2. The Balaban J connectivity index is 1.32.